The molecule has 0 aromatic heterocycles. The van der Waals surface area contributed by atoms with Crippen molar-refractivity contribution >= 4 is 11.9 Å². The van der Waals surface area contributed by atoms with E-state index in [1.165, 1.54) is 334 Å². The van der Waals surface area contributed by atoms with Crippen LogP contribution < -0.4 is 5.32 Å². The van der Waals surface area contributed by atoms with Gasteiger partial charge in [-0.05, 0) is 25.7 Å². The van der Waals surface area contributed by atoms with E-state index in [1.807, 2.05) is 0 Å². The molecule has 6 heteroatoms. The summed E-state index contributed by atoms with van der Waals surface area (Å²) >= 11 is 0. The van der Waals surface area contributed by atoms with Gasteiger partial charge in [-0.2, -0.15) is 0 Å². The van der Waals surface area contributed by atoms with Crippen LogP contribution in [0.25, 0.3) is 0 Å². The second-order valence-corrected chi connectivity index (χ2v) is 24.2. The van der Waals surface area contributed by atoms with E-state index in [0.29, 0.717) is 25.9 Å². The number of ether oxygens (including phenoxy) is 1. The Morgan fingerprint density at radius 3 is 0.813 bits per heavy atom. The standard InChI is InChI=1S/C69H137NO5/c1-3-5-7-9-11-13-15-17-19-20-21-22-23-24-27-30-34-37-41-45-49-53-57-61-67(72)66(65-71)70-68(73)62-58-54-50-46-42-38-35-31-28-25-26-29-32-36-40-44-48-52-56-60-64-75-69(74)63-59-55-51-47-43-39-33-18-16-14-12-10-8-6-4-2/h66-67,71-72H,3-65H2,1-2H3,(H,70,73). The molecule has 0 fully saturated rings. The number of rotatable bonds is 66. The average Bonchev–Trinajstić information content (AvgIpc) is 3.41. The summed E-state index contributed by atoms with van der Waals surface area (Å²) in [5.41, 5.74) is 0. The Hall–Kier alpha value is -1.14. The van der Waals surface area contributed by atoms with E-state index >= 15 is 0 Å². The molecular formula is C69H137NO5. The molecule has 6 nitrogen and oxygen atoms in total. The Kier molecular flexibility index (Phi) is 64.4. The lowest BCUT2D eigenvalue weighted by atomic mass is 10.0. The first-order valence-electron chi connectivity index (χ1n) is 34.8. The molecule has 0 radical (unpaired) electrons. The molecule has 2 unspecified atom stereocenters. The Labute approximate surface area is 470 Å². The van der Waals surface area contributed by atoms with Crippen LogP contribution in [-0.4, -0.2) is 47.4 Å². The third kappa shape index (κ3) is 61.9. The van der Waals surface area contributed by atoms with Gasteiger partial charge in [0, 0.05) is 12.8 Å². The van der Waals surface area contributed by atoms with Crippen molar-refractivity contribution in [1.82, 2.24) is 5.32 Å². The summed E-state index contributed by atoms with van der Waals surface area (Å²) in [6.07, 6.45) is 78.5. The second-order valence-electron chi connectivity index (χ2n) is 24.2. The number of carbonyl (C=O) groups excluding carboxylic acids is 2. The highest BCUT2D eigenvalue weighted by Crippen LogP contribution is 2.19. The largest absolute Gasteiger partial charge is 0.466 e. The summed E-state index contributed by atoms with van der Waals surface area (Å²) in [4.78, 5) is 24.6. The summed E-state index contributed by atoms with van der Waals surface area (Å²) in [7, 11) is 0. The van der Waals surface area contributed by atoms with Crippen LogP contribution in [0.2, 0.25) is 0 Å². The van der Waals surface area contributed by atoms with Gasteiger partial charge in [0.05, 0.1) is 25.4 Å². The van der Waals surface area contributed by atoms with Gasteiger partial charge in [0.15, 0.2) is 0 Å². The molecule has 1 amide bonds. The van der Waals surface area contributed by atoms with E-state index in [2.05, 4.69) is 19.2 Å². The highest BCUT2D eigenvalue weighted by Gasteiger charge is 2.20. The first kappa shape index (κ1) is 73.9. The third-order valence-electron chi connectivity index (χ3n) is 16.7. The molecule has 0 aromatic carbocycles. The molecule has 75 heavy (non-hydrogen) atoms. The van der Waals surface area contributed by atoms with Crippen molar-refractivity contribution in [3.63, 3.8) is 0 Å². The molecule has 2 atom stereocenters. The molecule has 0 aliphatic rings. The predicted molar refractivity (Wildman–Crippen MR) is 329 cm³/mol. The lowest BCUT2D eigenvalue weighted by Gasteiger charge is -2.22. The summed E-state index contributed by atoms with van der Waals surface area (Å²) in [5, 5.41) is 23.4. The minimum absolute atomic E-state index is 0.0152. The van der Waals surface area contributed by atoms with Crippen LogP contribution in [0.1, 0.15) is 406 Å². The summed E-state index contributed by atoms with van der Waals surface area (Å²) in [5.74, 6) is -0.0159. The molecule has 448 valence electrons. The summed E-state index contributed by atoms with van der Waals surface area (Å²) in [6.45, 7) is 5.00. The number of aliphatic hydroxyl groups excluding tert-OH is 2. The first-order valence-corrected chi connectivity index (χ1v) is 34.8. The van der Waals surface area contributed by atoms with Gasteiger partial charge in [-0.3, -0.25) is 9.59 Å². The van der Waals surface area contributed by atoms with Crippen LogP contribution >= 0.6 is 0 Å². The summed E-state index contributed by atoms with van der Waals surface area (Å²) in [6, 6.07) is -0.543. The number of amides is 1. The number of nitrogens with one attached hydrogen (secondary N) is 1. The molecule has 3 N–H and O–H groups in total. The first-order chi connectivity index (χ1) is 37.0. The van der Waals surface area contributed by atoms with Crippen molar-refractivity contribution in [3.8, 4) is 0 Å². The highest BCUT2D eigenvalue weighted by molar-refractivity contribution is 5.76. The normalized spacial score (nSPS) is 12.4. The number of esters is 1. The second kappa shape index (κ2) is 65.4. The van der Waals surface area contributed by atoms with Gasteiger partial charge in [0.2, 0.25) is 5.91 Å². The van der Waals surface area contributed by atoms with Crippen molar-refractivity contribution in [2.24, 2.45) is 0 Å². The average molecular weight is 1060 g/mol. The molecule has 0 rings (SSSR count). The molecule has 0 aromatic rings. The molecule has 0 bridgehead atoms. The van der Waals surface area contributed by atoms with Crippen molar-refractivity contribution in [2.45, 2.75) is 418 Å². The minimum Gasteiger partial charge on any atom is -0.466 e. The number of hydrogen-bond donors (Lipinski definition) is 3. The van der Waals surface area contributed by atoms with E-state index in [-0.39, 0.29) is 18.5 Å². The maximum atomic E-state index is 12.5. The molecule has 0 aliphatic carbocycles. The fourth-order valence-electron chi connectivity index (χ4n) is 11.4. The smallest absolute Gasteiger partial charge is 0.305 e. The number of aliphatic hydroxyl groups is 2. The van der Waals surface area contributed by atoms with E-state index in [4.69, 9.17) is 4.74 Å². The Morgan fingerprint density at radius 2 is 0.547 bits per heavy atom. The third-order valence-corrected chi connectivity index (χ3v) is 16.7. The van der Waals surface area contributed by atoms with Crippen molar-refractivity contribution in [2.75, 3.05) is 13.2 Å². The Morgan fingerprint density at radius 1 is 0.320 bits per heavy atom. The lowest BCUT2D eigenvalue weighted by molar-refractivity contribution is -0.143. The topological polar surface area (TPSA) is 95.9 Å². The number of carbonyl (C=O) groups is 2. The maximum Gasteiger partial charge on any atom is 0.305 e. The fraction of sp³-hybridized carbons (Fsp3) is 0.971. The van der Waals surface area contributed by atoms with Crippen molar-refractivity contribution in [3.05, 3.63) is 0 Å². The fourth-order valence-corrected chi connectivity index (χ4v) is 11.4. The molecule has 0 saturated heterocycles. The number of hydrogen-bond acceptors (Lipinski definition) is 5. The van der Waals surface area contributed by atoms with Gasteiger partial charge in [0.1, 0.15) is 0 Å². The molecule has 0 spiro atoms. The zero-order valence-electron chi connectivity index (χ0n) is 51.3. The van der Waals surface area contributed by atoms with E-state index in [0.717, 1.165) is 38.5 Å². The van der Waals surface area contributed by atoms with Gasteiger partial charge >= 0.3 is 5.97 Å². The molecular weight excluding hydrogens is 923 g/mol. The quantitative estimate of drug-likeness (QED) is 0.0417. The van der Waals surface area contributed by atoms with Gasteiger partial charge in [-0.1, -0.05) is 367 Å². The minimum atomic E-state index is -0.666. The van der Waals surface area contributed by atoms with E-state index in [9.17, 15) is 19.8 Å². The van der Waals surface area contributed by atoms with Crippen LogP contribution in [0.5, 0.6) is 0 Å². The van der Waals surface area contributed by atoms with Gasteiger partial charge in [-0.15, -0.1) is 0 Å². The maximum absolute atomic E-state index is 12.5. The van der Waals surface area contributed by atoms with Crippen LogP contribution in [0, 0.1) is 0 Å². The highest BCUT2D eigenvalue weighted by atomic mass is 16.5. The predicted octanol–water partition coefficient (Wildman–Crippen LogP) is 22.2. The lowest BCUT2D eigenvalue weighted by Crippen LogP contribution is -2.45. The van der Waals surface area contributed by atoms with Crippen molar-refractivity contribution in [1.29, 1.82) is 0 Å². The van der Waals surface area contributed by atoms with Crippen LogP contribution in [0.4, 0.5) is 0 Å². The van der Waals surface area contributed by atoms with Crippen LogP contribution in [-0.2, 0) is 14.3 Å². The SMILES string of the molecule is CCCCCCCCCCCCCCCCCCCCCCCCCC(O)C(CO)NC(=O)CCCCCCCCCCCCCCCCCCCCCCOC(=O)CCCCCCCCCCCCCCCCC. The zero-order chi connectivity index (χ0) is 54.3. The van der Waals surface area contributed by atoms with Gasteiger partial charge in [-0.25, -0.2) is 0 Å². The monoisotopic (exact) mass is 1060 g/mol. The van der Waals surface area contributed by atoms with E-state index < -0.39 is 12.1 Å². The van der Waals surface area contributed by atoms with Crippen molar-refractivity contribution < 1.29 is 24.5 Å². The van der Waals surface area contributed by atoms with Gasteiger partial charge in [0.25, 0.3) is 0 Å². The van der Waals surface area contributed by atoms with E-state index in [1.54, 1.807) is 0 Å². The molecule has 0 saturated carbocycles. The molecule has 0 heterocycles. The van der Waals surface area contributed by atoms with Crippen LogP contribution in [0.15, 0.2) is 0 Å². The number of unbranched alkanes of at least 4 members (excludes halogenated alkanes) is 55. The summed E-state index contributed by atoms with van der Waals surface area (Å²) < 4.78 is 5.50. The zero-order valence-corrected chi connectivity index (χ0v) is 51.3. The Balaban J connectivity index is 3.37. The molecule has 0 aliphatic heterocycles. The van der Waals surface area contributed by atoms with Gasteiger partial charge < -0.3 is 20.3 Å². The van der Waals surface area contributed by atoms with Crippen LogP contribution in [0.3, 0.4) is 0 Å². The Bertz CT molecular complexity index is 1080.